The molecule has 1 unspecified atom stereocenters. The first-order valence-electron chi connectivity index (χ1n) is 9.38. The molecule has 3 N–H and O–H groups in total. The minimum atomic E-state index is -0.483. The van der Waals surface area contributed by atoms with Gasteiger partial charge in [0.05, 0.1) is 32.9 Å². The van der Waals surface area contributed by atoms with Gasteiger partial charge in [0.15, 0.2) is 16.6 Å². The van der Waals surface area contributed by atoms with E-state index >= 15 is 0 Å². The van der Waals surface area contributed by atoms with Crippen molar-refractivity contribution in [3.8, 4) is 17.2 Å². The van der Waals surface area contributed by atoms with Crippen LogP contribution < -0.4 is 30.2 Å². The molecule has 1 heterocycles. The van der Waals surface area contributed by atoms with Gasteiger partial charge in [0, 0.05) is 12.2 Å². The molecule has 7 nitrogen and oxygen atoms in total. The summed E-state index contributed by atoms with van der Waals surface area (Å²) in [5.74, 6) is 1.29. The lowest BCUT2D eigenvalue weighted by molar-refractivity contribution is -0.118. The summed E-state index contributed by atoms with van der Waals surface area (Å²) < 4.78 is 16.3. The largest absolute Gasteiger partial charge is 0.493 e. The second-order valence-electron chi connectivity index (χ2n) is 6.70. The number of allylic oxidation sites excluding steroid dienone is 1. The zero-order valence-electron chi connectivity index (χ0n) is 17.4. The summed E-state index contributed by atoms with van der Waals surface area (Å²) in [4.78, 5) is 13.1. The van der Waals surface area contributed by atoms with Gasteiger partial charge in [-0.1, -0.05) is 30.3 Å². The molecule has 0 saturated carbocycles. The van der Waals surface area contributed by atoms with Crippen LogP contribution >= 0.6 is 12.2 Å². The van der Waals surface area contributed by atoms with Crippen LogP contribution in [0.5, 0.6) is 17.2 Å². The zero-order valence-corrected chi connectivity index (χ0v) is 18.2. The van der Waals surface area contributed by atoms with Gasteiger partial charge in [0.25, 0.3) is 5.91 Å². The molecule has 158 valence electrons. The second-order valence-corrected chi connectivity index (χ2v) is 7.11. The van der Waals surface area contributed by atoms with Gasteiger partial charge in [0.2, 0.25) is 5.75 Å². The van der Waals surface area contributed by atoms with Crippen molar-refractivity contribution >= 4 is 23.2 Å². The Labute approximate surface area is 181 Å². The second kappa shape index (κ2) is 9.49. The van der Waals surface area contributed by atoms with Gasteiger partial charge >= 0.3 is 0 Å². The number of thiocarbonyl (C=S) groups is 1. The van der Waals surface area contributed by atoms with Crippen molar-refractivity contribution in [2.45, 2.75) is 19.5 Å². The molecule has 0 aromatic heterocycles. The summed E-state index contributed by atoms with van der Waals surface area (Å²) in [5.41, 5.74) is 3.00. The zero-order chi connectivity index (χ0) is 21.7. The molecule has 30 heavy (non-hydrogen) atoms. The Kier molecular flexibility index (Phi) is 6.79. The van der Waals surface area contributed by atoms with Crippen LogP contribution in [0.4, 0.5) is 0 Å². The molecule has 1 atom stereocenters. The van der Waals surface area contributed by atoms with Crippen LogP contribution in [-0.2, 0) is 11.3 Å². The van der Waals surface area contributed by atoms with Crippen molar-refractivity contribution in [3.63, 3.8) is 0 Å². The number of carbonyl (C=O) groups is 1. The molecule has 8 heteroatoms. The van der Waals surface area contributed by atoms with Crippen LogP contribution in [0.3, 0.4) is 0 Å². The normalized spacial score (nSPS) is 15.7. The van der Waals surface area contributed by atoms with Crippen LogP contribution in [0.15, 0.2) is 53.7 Å². The Bertz CT molecular complexity index is 951. The van der Waals surface area contributed by atoms with E-state index in [4.69, 9.17) is 26.4 Å². The SMILES string of the molecule is COc1cc(C2NC(=S)NC(C)=C2C(=O)NCc2ccccc2)cc(OC)c1OC. The molecule has 2 aromatic carbocycles. The maximum atomic E-state index is 13.1. The number of carbonyl (C=O) groups excluding carboxylic acids is 1. The molecule has 2 aromatic rings. The van der Waals surface area contributed by atoms with Gasteiger partial charge in [-0.15, -0.1) is 0 Å². The Morgan fingerprint density at radius 2 is 1.70 bits per heavy atom. The quantitative estimate of drug-likeness (QED) is 0.586. The van der Waals surface area contributed by atoms with E-state index in [1.54, 1.807) is 21.3 Å². The highest BCUT2D eigenvalue weighted by Crippen LogP contribution is 2.41. The van der Waals surface area contributed by atoms with E-state index in [0.717, 1.165) is 11.1 Å². The molecule has 0 aliphatic carbocycles. The van der Waals surface area contributed by atoms with Crippen molar-refractivity contribution in [3.05, 3.63) is 64.9 Å². The number of amides is 1. The van der Waals surface area contributed by atoms with Gasteiger partial charge in [-0.05, 0) is 42.4 Å². The van der Waals surface area contributed by atoms with Crippen molar-refractivity contribution in [1.29, 1.82) is 0 Å². The summed E-state index contributed by atoms with van der Waals surface area (Å²) in [7, 11) is 4.65. The van der Waals surface area contributed by atoms with Crippen molar-refractivity contribution in [2.75, 3.05) is 21.3 Å². The van der Waals surface area contributed by atoms with Gasteiger partial charge in [-0.2, -0.15) is 0 Å². The molecule has 0 spiro atoms. The van der Waals surface area contributed by atoms with Crippen molar-refractivity contribution < 1.29 is 19.0 Å². The summed E-state index contributed by atoms with van der Waals surface area (Å²) in [6.07, 6.45) is 0. The number of hydrogen-bond acceptors (Lipinski definition) is 5. The lowest BCUT2D eigenvalue weighted by Crippen LogP contribution is -2.46. The first-order chi connectivity index (χ1) is 14.5. The third-order valence-corrected chi connectivity index (χ3v) is 5.05. The average molecular weight is 428 g/mol. The summed E-state index contributed by atoms with van der Waals surface area (Å²) in [5, 5.41) is 9.64. The molecular weight excluding hydrogens is 402 g/mol. The molecule has 1 aliphatic heterocycles. The molecular formula is C22H25N3O4S. The maximum absolute atomic E-state index is 13.1. The molecule has 0 fully saturated rings. The van der Waals surface area contributed by atoms with E-state index in [0.29, 0.717) is 40.2 Å². The van der Waals surface area contributed by atoms with E-state index in [1.807, 2.05) is 49.4 Å². The van der Waals surface area contributed by atoms with E-state index in [2.05, 4.69) is 16.0 Å². The van der Waals surface area contributed by atoms with Crippen molar-refractivity contribution in [2.24, 2.45) is 0 Å². The number of ether oxygens (including phenoxy) is 3. The summed E-state index contributed by atoms with van der Waals surface area (Å²) >= 11 is 5.34. The van der Waals surface area contributed by atoms with Crippen LogP contribution in [-0.4, -0.2) is 32.3 Å². The Balaban J connectivity index is 1.96. The fourth-order valence-electron chi connectivity index (χ4n) is 3.39. The van der Waals surface area contributed by atoms with Crippen LogP contribution in [0, 0.1) is 0 Å². The fraction of sp³-hybridized carbons (Fsp3) is 0.273. The van der Waals surface area contributed by atoms with Gasteiger partial charge < -0.3 is 30.2 Å². The van der Waals surface area contributed by atoms with Crippen LogP contribution in [0.2, 0.25) is 0 Å². The summed E-state index contributed by atoms with van der Waals surface area (Å²) in [6.45, 7) is 2.25. The van der Waals surface area contributed by atoms with E-state index in [-0.39, 0.29) is 5.91 Å². The topological polar surface area (TPSA) is 80.9 Å². The third kappa shape index (κ3) is 4.49. The average Bonchev–Trinajstić information content (AvgIpc) is 2.76. The molecule has 1 aliphatic rings. The molecule has 0 bridgehead atoms. The first-order valence-corrected chi connectivity index (χ1v) is 9.79. The summed E-state index contributed by atoms with van der Waals surface area (Å²) in [6, 6.07) is 12.9. The fourth-order valence-corrected chi connectivity index (χ4v) is 3.66. The number of benzene rings is 2. The molecule has 3 rings (SSSR count). The van der Waals surface area contributed by atoms with Crippen LogP contribution in [0.25, 0.3) is 0 Å². The van der Waals surface area contributed by atoms with Crippen molar-refractivity contribution in [1.82, 2.24) is 16.0 Å². The van der Waals surface area contributed by atoms with Gasteiger partial charge in [-0.25, -0.2) is 0 Å². The lowest BCUT2D eigenvalue weighted by Gasteiger charge is -2.31. The predicted molar refractivity (Wildman–Crippen MR) is 119 cm³/mol. The monoisotopic (exact) mass is 427 g/mol. The Morgan fingerprint density at radius 1 is 1.07 bits per heavy atom. The van der Waals surface area contributed by atoms with E-state index in [1.165, 1.54) is 0 Å². The highest BCUT2D eigenvalue weighted by atomic mass is 32.1. The molecule has 0 radical (unpaired) electrons. The number of methoxy groups -OCH3 is 3. The molecule has 0 saturated heterocycles. The number of nitrogens with one attached hydrogen (secondary N) is 3. The van der Waals surface area contributed by atoms with Crippen LogP contribution in [0.1, 0.15) is 24.1 Å². The first kappa shape index (κ1) is 21.4. The highest BCUT2D eigenvalue weighted by molar-refractivity contribution is 7.80. The predicted octanol–water partition coefficient (Wildman–Crippen LogP) is 2.82. The minimum Gasteiger partial charge on any atom is -0.493 e. The maximum Gasteiger partial charge on any atom is 0.251 e. The minimum absolute atomic E-state index is 0.197. The van der Waals surface area contributed by atoms with E-state index in [9.17, 15) is 4.79 Å². The lowest BCUT2D eigenvalue weighted by atomic mass is 9.94. The standard InChI is InChI=1S/C22H25N3O4S/c1-13-18(21(26)23-12-14-8-6-5-7-9-14)19(25-22(30)24-13)15-10-16(27-2)20(29-4)17(11-15)28-3/h5-11,19H,12H2,1-4H3,(H,23,26)(H2,24,25,30). The third-order valence-electron chi connectivity index (χ3n) is 4.83. The Morgan fingerprint density at radius 3 is 2.27 bits per heavy atom. The highest BCUT2D eigenvalue weighted by Gasteiger charge is 2.31. The van der Waals surface area contributed by atoms with E-state index < -0.39 is 6.04 Å². The van der Waals surface area contributed by atoms with Gasteiger partial charge in [0.1, 0.15) is 0 Å². The number of hydrogen-bond donors (Lipinski definition) is 3. The number of rotatable bonds is 7. The molecule has 1 amide bonds. The Hall–Kier alpha value is -3.26. The smallest absolute Gasteiger partial charge is 0.251 e. The van der Waals surface area contributed by atoms with Gasteiger partial charge in [-0.3, -0.25) is 4.79 Å².